The first-order valence-corrected chi connectivity index (χ1v) is 7.12. The largest absolute Gasteiger partial charge is 0.207 e. The molecule has 2 rings (SSSR count). The second-order valence-corrected chi connectivity index (χ2v) is 5.93. The van der Waals surface area contributed by atoms with E-state index in [1.54, 1.807) is 6.07 Å². The maximum absolute atomic E-state index is 13.9. The average Bonchev–Trinajstić information content (AvgIpc) is 2.36. The highest BCUT2D eigenvalue weighted by Crippen LogP contribution is 2.36. The van der Waals surface area contributed by atoms with Crippen LogP contribution in [0.3, 0.4) is 0 Å². The predicted molar refractivity (Wildman–Crippen MR) is 78.2 cm³/mol. The number of rotatable bonds is 2. The monoisotopic (exact) mass is 384 g/mol. The minimum absolute atomic E-state index is 0.0121. The molecule has 0 heterocycles. The fourth-order valence-corrected chi connectivity index (χ4v) is 2.49. The van der Waals surface area contributed by atoms with Crippen LogP contribution in [-0.4, -0.2) is 0 Å². The van der Waals surface area contributed by atoms with E-state index in [0.29, 0.717) is 15.1 Å². The van der Waals surface area contributed by atoms with Gasteiger partial charge >= 0.3 is 0 Å². The molecule has 2 aromatic carbocycles. The van der Waals surface area contributed by atoms with Crippen molar-refractivity contribution in [3.63, 3.8) is 0 Å². The van der Waals surface area contributed by atoms with Gasteiger partial charge in [-0.3, -0.25) is 0 Å². The third-order valence-corrected chi connectivity index (χ3v) is 4.54. The zero-order valence-electron chi connectivity index (χ0n) is 9.23. The molecule has 2 aromatic rings. The molecule has 6 heteroatoms. The average molecular weight is 386 g/mol. The molecule has 19 heavy (non-hydrogen) atoms. The summed E-state index contributed by atoms with van der Waals surface area (Å²) in [7, 11) is 0. The Labute approximate surface area is 132 Å². The highest BCUT2D eigenvalue weighted by atomic mass is 79.9. The van der Waals surface area contributed by atoms with Crippen LogP contribution in [0.15, 0.2) is 34.8 Å². The van der Waals surface area contributed by atoms with Crippen molar-refractivity contribution in [1.82, 2.24) is 0 Å². The molecule has 0 aliphatic carbocycles. The second-order valence-electron chi connectivity index (χ2n) is 3.82. The van der Waals surface area contributed by atoms with Crippen LogP contribution in [0.4, 0.5) is 8.78 Å². The summed E-state index contributed by atoms with van der Waals surface area (Å²) in [5, 5.41) is -0.532. The Bertz CT molecular complexity index is 632. The first-order chi connectivity index (χ1) is 8.90. The van der Waals surface area contributed by atoms with E-state index in [1.807, 2.05) is 0 Å². The molecule has 0 spiro atoms. The van der Waals surface area contributed by atoms with Gasteiger partial charge in [0.1, 0.15) is 11.6 Å². The molecule has 0 saturated carbocycles. The molecule has 0 amide bonds. The van der Waals surface area contributed by atoms with E-state index < -0.39 is 17.0 Å². The van der Waals surface area contributed by atoms with Crippen molar-refractivity contribution in [2.75, 3.05) is 0 Å². The molecule has 0 radical (unpaired) electrons. The Morgan fingerprint density at radius 3 is 2.26 bits per heavy atom. The Morgan fingerprint density at radius 2 is 1.63 bits per heavy atom. The Morgan fingerprint density at radius 1 is 0.947 bits per heavy atom. The Hall–Kier alpha value is -0.350. The zero-order valence-corrected chi connectivity index (χ0v) is 13.1. The van der Waals surface area contributed by atoms with Crippen LogP contribution in [0.25, 0.3) is 0 Å². The number of benzene rings is 2. The number of hydrogen-bond donors (Lipinski definition) is 0. The van der Waals surface area contributed by atoms with Crippen LogP contribution in [0.5, 0.6) is 0 Å². The third-order valence-electron chi connectivity index (χ3n) is 2.55. The minimum Gasteiger partial charge on any atom is -0.207 e. The fourth-order valence-electron chi connectivity index (χ4n) is 1.58. The first-order valence-electron chi connectivity index (χ1n) is 5.13. The summed E-state index contributed by atoms with van der Waals surface area (Å²) in [4.78, 5) is 0. The van der Waals surface area contributed by atoms with Crippen molar-refractivity contribution in [1.29, 1.82) is 0 Å². The van der Waals surface area contributed by atoms with Crippen LogP contribution in [0.1, 0.15) is 16.5 Å². The van der Waals surface area contributed by atoms with Gasteiger partial charge in [0.05, 0.1) is 15.4 Å². The molecular formula is C13H6BrCl3F2. The summed E-state index contributed by atoms with van der Waals surface area (Å²) >= 11 is 20.8. The van der Waals surface area contributed by atoms with Crippen LogP contribution >= 0.6 is 50.7 Å². The van der Waals surface area contributed by atoms with Crippen LogP contribution in [-0.2, 0) is 0 Å². The highest BCUT2D eigenvalue weighted by Gasteiger charge is 2.18. The number of halogens is 6. The van der Waals surface area contributed by atoms with Gasteiger partial charge in [0, 0.05) is 10.0 Å². The maximum Gasteiger partial charge on any atom is 0.142 e. The lowest BCUT2D eigenvalue weighted by atomic mass is 10.0. The zero-order chi connectivity index (χ0) is 14.2. The van der Waals surface area contributed by atoms with Crippen molar-refractivity contribution in [3.8, 4) is 0 Å². The number of hydrogen-bond acceptors (Lipinski definition) is 0. The molecule has 0 N–H and O–H groups in total. The van der Waals surface area contributed by atoms with Crippen LogP contribution < -0.4 is 0 Å². The summed E-state index contributed by atoms with van der Waals surface area (Å²) in [5.74, 6) is -1.12. The van der Waals surface area contributed by atoms with Gasteiger partial charge in [-0.1, -0.05) is 29.3 Å². The van der Waals surface area contributed by atoms with E-state index in [2.05, 4.69) is 15.9 Å². The standard InChI is InChI=1S/C13H6BrCl3F2/c14-8-5-11(18)7(4-10(8)16)13(17)6-1-2-9(15)12(19)3-6/h1-5,13H. The van der Waals surface area contributed by atoms with Gasteiger partial charge in [-0.25, -0.2) is 8.78 Å². The smallest absolute Gasteiger partial charge is 0.142 e. The Balaban J connectivity index is 2.46. The molecule has 0 aliphatic heterocycles. The van der Waals surface area contributed by atoms with Gasteiger partial charge in [-0.05, 0) is 45.8 Å². The van der Waals surface area contributed by atoms with Gasteiger partial charge in [0.15, 0.2) is 0 Å². The molecule has 1 atom stereocenters. The lowest BCUT2D eigenvalue weighted by molar-refractivity contribution is 0.609. The first kappa shape index (κ1) is 15.0. The summed E-state index contributed by atoms with van der Waals surface area (Å²) < 4.78 is 27.7. The van der Waals surface area contributed by atoms with Crippen molar-refractivity contribution in [2.24, 2.45) is 0 Å². The lowest BCUT2D eigenvalue weighted by Gasteiger charge is -2.13. The molecule has 100 valence electrons. The topological polar surface area (TPSA) is 0 Å². The number of alkyl halides is 1. The van der Waals surface area contributed by atoms with E-state index >= 15 is 0 Å². The van der Waals surface area contributed by atoms with Crippen molar-refractivity contribution >= 4 is 50.7 Å². The molecule has 0 bridgehead atoms. The van der Waals surface area contributed by atoms with Gasteiger partial charge in [0.2, 0.25) is 0 Å². The SMILES string of the molecule is Fc1cc(C(Cl)c2cc(Cl)c(Br)cc2F)ccc1Cl. The summed E-state index contributed by atoms with van der Waals surface area (Å²) in [6.07, 6.45) is 0. The van der Waals surface area contributed by atoms with Gasteiger partial charge < -0.3 is 0 Å². The van der Waals surface area contributed by atoms with E-state index in [0.717, 1.165) is 0 Å². The third kappa shape index (κ3) is 3.22. The molecule has 0 saturated heterocycles. The predicted octanol–water partition coefficient (Wildman–Crippen LogP) is 6.36. The molecule has 1 unspecified atom stereocenters. The van der Waals surface area contributed by atoms with E-state index in [1.165, 1.54) is 24.3 Å². The van der Waals surface area contributed by atoms with Crippen LogP contribution in [0.2, 0.25) is 10.0 Å². The second kappa shape index (κ2) is 5.96. The minimum atomic E-state index is -0.850. The van der Waals surface area contributed by atoms with Crippen molar-refractivity contribution in [2.45, 2.75) is 5.38 Å². The van der Waals surface area contributed by atoms with E-state index in [-0.39, 0.29) is 10.6 Å². The van der Waals surface area contributed by atoms with Gasteiger partial charge in [-0.15, -0.1) is 11.6 Å². The van der Waals surface area contributed by atoms with Crippen LogP contribution in [0, 0.1) is 11.6 Å². The molecule has 0 nitrogen and oxygen atoms in total. The normalized spacial score (nSPS) is 12.5. The van der Waals surface area contributed by atoms with Crippen molar-refractivity contribution < 1.29 is 8.78 Å². The van der Waals surface area contributed by atoms with Crippen molar-refractivity contribution in [3.05, 3.63) is 67.6 Å². The Kier molecular flexibility index (Phi) is 4.72. The highest BCUT2D eigenvalue weighted by molar-refractivity contribution is 9.10. The summed E-state index contributed by atoms with van der Waals surface area (Å²) in [6, 6.07) is 6.72. The molecule has 0 aliphatic rings. The van der Waals surface area contributed by atoms with Gasteiger partial charge in [-0.2, -0.15) is 0 Å². The quantitative estimate of drug-likeness (QED) is 0.416. The molecular weight excluding hydrogens is 380 g/mol. The summed E-state index contributed by atoms with van der Waals surface area (Å²) in [6.45, 7) is 0. The molecule has 0 aromatic heterocycles. The van der Waals surface area contributed by atoms with E-state index in [9.17, 15) is 8.78 Å². The molecule has 0 fully saturated rings. The lowest BCUT2D eigenvalue weighted by Crippen LogP contribution is -1.98. The van der Waals surface area contributed by atoms with E-state index in [4.69, 9.17) is 34.8 Å². The summed E-state index contributed by atoms with van der Waals surface area (Å²) in [5.41, 5.74) is 0.581. The fraction of sp³-hybridized carbons (Fsp3) is 0.0769. The maximum atomic E-state index is 13.9. The van der Waals surface area contributed by atoms with Gasteiger partial charge in [0.25, 0.3) is 0 Å².